The summed E-state index contributed by atoms with van der Waals surface area (Å²) in [6.07, 6.45) is 0.240. The van der Waals surface area contributed by atoms with Crippen LogP contribution in [0, 0.1) is 5.82 Å². The van der Waals surface area contributed by atoms with Crippen molar-refractivity contribution in [2.24, 2.45) is 0 Å². The third-order valence-corrected chi connectivity index (χ3v) is 3.88. The van der Waals surface area contributed by atoms with Crippen LogP contribution in [0.4, 0.5) is 4.39 Å². The Morgan fingerprint density at radius 2 is 2.05 bits per heavy atom. The van der Waals surface area contributed by atoms with Crippen LogP contribution in [0.25, 0.3) is 0 Å². The van der Waals surface area contributed by atoms with Gasteiger partial charge in [-0.25, -0.2) is 14.3 Å². The van der Waals surface area contributed by atoms with Crippen molar-refractivity contribution in [1.29, 1.82) is 0 Å². The molecule has 7 heteroatoms. The Balaban J connectivity index is 1.95. The van der Waals surface area contributed by atoms with E-state index in [1.54, 1.807) is 12.1 Å². The van der Waals surface area contributed by atoms with Crippen molar-refractivity contribution in [3.63, 3.8) is 0 Å². The van der Waals surface area contributed by atoms with E-state index in [0.717, 1.165) is 5.56 Å². The number of Topliss-reactive ketones (excluding diaryl/α,β-unsaturated/α-hetero) is 1. The number of halogens is 1. The number of nitrogens with one attached hydrogen (secondary N) is 1. The van der Waals surface area contributed by atoms with E-state index in [0.29, 0.717) is 5.16 Å². The van der Waals surface area contributed by atoms with Crippen molar-refractivity contribution < 1.29 is 9.18 Å². The number of nitrogens with zero attached hydrogens (tertiary/aromatic N) is 2. The number of aromatic amines is 1. The summed E-state index contributed by atoms with van der Waals surface area (Å²) in [4.78, 5) is 23.5. The maximum Gasteiger partial charge on any atom is 0.344 e. The second-order valence-corrected chi connectivity index (χ2v) is 5.85. The average Bonchev–Trinajstić information content (AvgIpc) is 2.80. The van der Waals surface area contributed by atoms with Gasteiger partial charge in [-0.2, -0.15) is 0 Å². The van der Waals surface area contributed by atoms with Gasteiger partial charge in [0.15, 0.2) is 5.16 Å². The van der Waals surface area contributed by atoms with E-state index in [4.69, 9.17) is 0 Å². The van der Waals surface area contributed by atoms with Gasteiger partial charge in [-0.15, -0.1) is 5.10 Å². The number of H-pyrrole nitrogens is 1. The van der Waals surface area contributed by atoms with Gasteiger partial charge in [-0.3, -0.25) is 9.36 Å². The van der Waals surface area contributed by atoms with Gasteiger partial charge in [-0.05, 0) is 31.5 Å². The van der Waals surface area contributed by atoms with Gasteiger partial charge >= 0.3 is 5.69 Å². The van der Waals surface area contributed by atoms with Crippen LogP contribution >= 0.6 is 11.8 Å². The van der Waals surface area contributed by atoms with Crippen LogP contribution in [0.15, 0.2) is 34.2 Å². The monoisotopic (exact) mass is 309 g/mol. The van der Waals surface area contributed by atoms with Gasteiger partial charge in [0.05, 0.1) is 5.75 Å². The van der Waals surface area contributed by atoms with Crippen molar-refractivity contribution in [2.45, 2.75) is 31.5 Å². The summed E-state index contributed by atoms with van der Waals surface area (Å²) in [5, 5.41) is 6.80. The molecule has 0 radical (unpaired) electrons. The third-order valence-electron chi connectivity index (χ3n) is 2.87. The predicted octanol–water partition coefficient (Wildman–Crippen LogP) is 2.20. The minimum absolute atomic E-state index is 0.00244. The minimum Gasteiger partial charge on any atom is -0.298 e. The second-order valence-electron chi connectivity index (χ2n) is 4.91. The van der Waals surface area contributed by atoms with Crippen molar-refractivity contribution >= 4 is 17.5 Å². The first-order valence-electron chi connectivity index (χ1n) is 6.53. The standard InChI is InChI=1S/C14H16FN3O2S/c1-9(2)18-13(20)16-17-14(18)21-8-12(19)7-10-3-5-11(15)6-4-10/h3-6,9H,7-8H2,1-2H3,(H,16,20). The highest BCUT2D eigenvalue weighted by atomic mass is 32.2. The van der Waals surface area contributed by atoms with E-state index >= 15 is 0 Å². The molecule has 0 fully saturated rings. The molecule has 0 aliphatic carbocycles. The molecule has 0 aliphatic rings. The molecule has 5 nitrogen and oxygen atoms in total. The SMILES string of the molecule is CC(C)n1c(SCC(=O)Cc2ccc(F)cc2)n[nH]c1=O. The van der Waals surface area contributed by atoms with Gasteiger partial charge in [0.1, 0.15) is 11.6 Å². The number of carbonyl (C=O) groups excluding carboxylic acids is 1. The van der Waals surface area contributed by atoms with Crippen molar-refractivity contribution in [2.75, 3.05) is 5.75 Å². The molecule has 1 heterocycles. The van der Waals surface area contributed by atoms with Gasteiger partial charge < -0.3 is 0 Å². The zero-order chi connectivity index (χ0) is 15.4. The molecule has 2 aromatic rings. The summed E-state index contributed by atoms with van der Waals surface area (Å²) < 4.78 is 14.3. The van der Waals surface area contributed by atoms with Crippen LogP contribution in [-0.2, 0) is 11.2 Å². The summed E-state index contributed by atoms with van der Waals surface area (Å²) in [7, 11) is 0. The van der Waals surface area contributed by atoms with Crippen LogP contribution in [0.3, 0.4) is 0 Å². The summed E-state index contributed by atoms with van der Waals surface area (Å²) in [6, 6.07) is 5.83. The maximum atomic E-state index is 12.8. The molecule has 21 heavy (non-hydrogen) atoms. The number of benzene rings is 1. The summed E-state index contributed by atoms with van der Waals surface area (Å²) >= 11 is 1.22. The van der Waals surface area contributed by atoms with Crippen LogP contribution in [0.5, 0.6) is 0 Å². The zero-order valence-corrected chi connectivity index (χ0v) is 12.6. The van der Waals surface area contributed by atoms with Crippen LogP contribution < -0.4 is 5.69 Å². The number of rotatable bonds is 6. The molecule has 1 aromatic carbocycles. The fourth-order valence-corrected chi connectivity index (χ4v) is 2.81. The van der Waals surface area contributed by atoms with Crippen molar-refractivity contribution in [3.8, 4) is 0 Å². The van der Waals surface area contributed by atoms with Crippen LogP contribution in [0.2, 0.25) is 0 Å². The highest BCUT2D eigenvalue weighted by Crippen LogP contribution is 2.17. The third kappa shape index (κ3) is 4.04. The summed E-state index contributed by atoms with van der Waals surface area (Å²) in [5.74, 6) is -0.107. The van der Waals surface area contributed by atoms with E-state index in [2.05, 4.69) is 10.2 Å². The lowest BCUT2D eigenvalue weighted by molar-refractivity contribution is -0.116. The molecule has 1 aromatic heterocycles. The number of aromatic nitrogens is 3. The number of thioether (sulfide) groups is 1. The first-order chi connectivity index (χ1) is 9.97. The molecule has 2 rings (SSSR count). The lowest BCUT2D eigenvalue weighted by Gasteiger charge is -2.08. The van der Waals surface area contributed by atoms with E-state index in [-0.39, 0.29) is 35.5 Å². The molecule has 0 saturated heterocycles. The van der Waals surface area contributed by atoms with E-state index in [1.807, 2.05) is 13.8 Å². The fraction of sp³-hybridized carbons (Fsp3) is 0.357. The van der Waals surface area contributed by atoms with Gasteiger partial charge in [-0.1, -0.05) is 23.9 Å². The Kier molecular flexibility index (Phi) is 4.95. The van der Waals surface area contributed by atoms with E-state index in [1.165, 1.54) is 28.5 Å². The first-order valence-corrected chi connectivity index (χ1v) is 7.51. The number of carbonyl (C=O) groups is 1. The van der Waals surface area contributed by atoms with Crippen LogP contribution in [0.1, 0.15) is 25.5 Å². The minimum atomic E-state index is -0.321. The Morgan fingerprint density at radius 3 is 2.67 bits per heavy atom. The highest BCUT2D eigenvalue weighted by Gasteiger charge is 2.13. The highest BCUT2D eigenvalue weighted by molar-refractivity contribution is 7.99. The predicted molar refractivity (Wildman–Crippen MR) is 79.1 cm³/mol. The number of hydrogen-bond donors (Lipinski definition) is 1. The number of ketones is 1. The topological polar surface area (TPSA) is 67.8 Å². The smallest absolute Gasteiger partial charge is 0.298 e. The van der Waals surface area contributed by atoms with Crippen LogP contribution in [-0.4, -0.2) is 26.3 Å². The maximum absolute atomic E-state index is 12.8. The molecule has 0 aliphatic heterocycles. The summed E-state index contributed by atoms with van der Waals surface area (Å²) in [5.41, 5.74) is 0.490. The van der Waals surface area contributed by atoms with E-state index < -0.39 is 0 Å². The Hall–Kier alpha value is -1.89. The molecule has 0 amide bonds. The van der Waals surface area contributed by atoms with Crippen molar-refractivity contribution in [1.82, 2.24) is 14.8 Å². The molecule has 0 unspecified atom stereocenters. The molecule has 0 atom stereocenters. The number of hydrogen-bond acceptors (Lipinski definition) is 4. The second kappa shape index (κ2) is 6.71. The van der Waals surface area contributed by atoms with Gasteiger partial charge in [0, 0.05) is 12.5 Å². The first kappa shape index (κ1) is 15.5. The normalized spacial score (nSPS) is 11.0. The Morgan fingerprint density at radius 1 is 1.38 bits per heavy atom. The Labute approximate surface area is 125 Å². The van der Waals surface area contributed by atoms with Crippen molar-refractivity contribution in [3.05, 3.63) is 46.1 Å². The zero-order valence-electron chi connectivity index (χ0n) is 11.8. The lowest BCUT2D eigenvalue weighted by Crippen LogP contribution is -2.19. The average molecular weight is 309 g/mol. The molecular formula is C14H16FN3O2S. The molecular weight excluding hydrogens is 293 g/mol. The van der Waals surface area contributed by atoms with Gasteiger partial charge in [0.25, 0.3) is 0 Å². The molecule has 112 valence electrons. The fourth-order valence-electron chi connectivity index (χ4n) is 1.87. The van der Waals surface area contributed by atoms with E-state index in [9.17, 15) is 14.0 Å². The summed E-state index contributed by atoms with van der Waals surface area (Å²) in [6.45, 7) is 3.75. The molecule has 0 spiro atoms. The van der Waals surface area contributed by atoms with Gasteiger partial charge in [0.2, 0.25) is 0 Å². The molecule has 0 saturated carbocycles. The molecule has 1 N–H and O–H groups in total. The largest absolute Gasteiger partial charge is 0.344 e. The lowest BCUT2D eigenvalue weighted by atomic mass is 10.1. The quantitative estimate of drug-likeness (QED) is 0.831. The Bertz CT molecular complexity index is 676. The molecule has 0 bridgehead atoms.